The maximum atomic E-state index is 6.38. The van der Waals surface area contributed by atoms with Gasteiger partial charge in [0.05, 0.1) is 0 Å². The molecule has 52 heavy (non-hydrogen) atoms. The number of amidine groups is 1. The average Bonchev–Trinajstić information content (AvgIpc) is 3.64. The summed E-state index contributed by atoms with van der Waals surface area (Å²) in [5, 5.41) is 14.9. The normalized spacial score (nSPS) is 15.7. The van der Waals surface area contributed by atoms with Gasteiger partial charge in [-0.1, -0.05) is 152 Å². The van der Waals surface area contributed by atoms with Crippen molar-refractivity contribution >= 4 is 84.6 Å². The molecule has 3 heterocycles. The largest absolute Gasteiger partial charge is 0.223 e. The molecule has 3 aliphatic rings. The number of benzene rings is 9. The molecule has 0 aliphatic carbocycles. The predicted molar refractivity (Wildman–Crippen MR) is 224 cm³/mol. The summed E-state index contributed by atoms with van der Waals surface area (Å²) in [4.78, 5) is 0. The fourth-order valence-corrected chi connectivity index (χ4v) is 17.6. The molecule has 0 N–H and O–H groups in total. The second kappa shape index (κ2) is 10.4. The molecule has 0 atom stereocenters. The lowest BCUT2D eigenvalue weighted by atomic mass is 9.94. The van der Waals surface area contributed by atoms with Crippen LogP contribution in [0.5, 0.6) is 0 Å². The van der Waals surface area contributed by atoms with Crippen molar-refractivity contribution in [1.82, 2.24) is 0 Å². The second-order valence-corrected chi connectivity index (χ2v) is 19.4. The van der Waals surface area contributed by atoms with Crippen LogP contribution in [0.1, 0.15) is 5.56 Å². The zero-order valence-corrected chi connectivity index (χ0v) is 29.8. The lowest BCUT2D eigenvalue weighted by Crippen LogP contribution is -2.18. The summed E-state index contributed by atoms with van der Waals surface area (Å²) < 4.78 is 18.2. The third kappa shape index (κ3) is 3.65. The van der Waals surface area contributed by atoms with Crippen LogP contribution in [0.2, 0.25) is 0 Å². The van der Waals surface area contributed by atoms with Crippen LogP contribution in [0, 0.1) is 0 Å². The zero-order valence-electron chi connectivity index (χ0n) is 28.0. The number of nitrogens with zero attached hydrogens (tertiary/aromatic N) is 3. The summed E-state index contributed by atoms with van der Waals surface area (Å²) in [5.41, 5.74) is 6.12. The van der Waals surface area contributed by atoms with Crippen LogP contribution in [0.4, 0.5) is 0 Å². The van der Waals surface area contributed by atoms with E-state index in [9.17, 15) is 0 Å². The first kappa shape index (κ1) is 28.8. The van der Waals surface area contributed by atoms with Crippen molar-refractivity contribution in [3.63, 3.8) is 0 Å². The van der Waals surface area contributed by atoms with E-state index in [-0.39, 0.29) is 0 Å². The van der Waals surface area contributed by atoms with Crippen LogP contribution in [0.15, 0.2) is 190 Å². The summed E-state index contributed by atoms with van der Waals surface area (Å²) in [6, 6.07) is 64.3. The highest BCUT2D eigenvalue weighted by Gasteiger charge is 2.47. The summed E-state index contributed by atoms with van der Waals surface area (Å²) in [6.45, 7) is 0. The summed E-state index contributed by atoms with van der Waals surface area (Å²) in [6.07, 6.45) is 0. The molecule has 3 aliphatic heterocycles. The first-order valence-corrected chi connectivity index (χ1v) is 21.1. The van der Waals surface area contributed by atoms with E-state index in [1.54, 1.807) is 0 Å². The molecule has 0 amide bonds. The Morgan fingerprint density at radius 3 is 1.06 bits per heavy atom. The van der Waals surface area contributed by atoms with Gasteiger partial charge in [-0.15, -0.1) is 0 Å². The zero-order chi connectivity index (χ0) is 34.0. The Balaban J connectivity index is 1.34. The predicted octanol–water partition coefficient (Wildman–Crippen LogP) is 11.6. The monoisotopic (exact) mass is 697 g/mol. The number of rotatable bonds is 1. The topological polar surface area (TPSA) is 37.1 Å². The fraction of sp³-hybridized carbons (Fsp3) is 0. The second-order valence-electron chi connectivity index (χ2n) is 13.9. The smallest absolute Gasteiger partial charge is 0.161 e. The van der Waals surface area contributed by atoms with Crippen molar-refractivity contribution in [2.45, 2.75) is 0 Å². The van der Waals surface area contributed by atoms with Crippen molar-refractivity contribution in [3.05, 3.63) is 181 Å². The van der Waals surface area contributed by atoms with E-state index in [0.29, 0.717) is 0 Å². The van der Waals surface area contributed by atoms with E-state index in [1.807, 2.05) is 0 Å². The molecule has 0 saturated heterocycles. The minimum absolute atomic E-state index is 0.803. The van der Waals surface area contributed by atoms with Gasteiger partial charge in [-0.25, -0.2) is 14.0 Å². The van der Waals surface area contributed by atoms with Crippen LogP contribution in [-0.4, -0.2) is 5.84 Å². The van der Waals surface area contributed by atoms with Gasteiger partial charge in [0.2, 0.25) is 0 Å². The third-order valence-electron chi connectivity index (χ3n) is 11.2. The summed E-state index contributed by atoms with van der Waals surface area (Å²) >= 11 is 0. The van der Waals surface area contributed by atoms with Crippen LogP contribution in [-0.2, 0) is 0 Å². The van der Waals surface area contributed by atoms with Crippen LogP contribution >= 0.6 is 14.4 Å². The molecular formula is C47H29N3P2. The number of hydrogen-bond acceptors (Lipinski definition) is 3. The molecule has 0 saturated carbocycles. The standard InChI is InChI=1S/C47H29N3P2/c1-2-16-34(17-3-1)47-48-51(39-26-22-30-12-4-8-18-35(30)43(39)44-36-19-9-5-13-31(36)23-27-40(44)51)50-52(49-47)41-28-24-32-14-6-10-20-37(32)45(41)46-38-21-11-7-15-33(38)25-29-42(46)52/h1-29H. The molecule has 9 aromatic rings. The van der Waals surface area contributed by atoms with Crippen molar-refractivity contribution in [1.29, 1.82) is 0 Å². The van der Waals surface area contributed by atoms with Gasteiger partial charge in [0.25, 0.3) is 0 Å². The van der Waals surface area contributed by atoms with Gasteiger partial charge in [0, 0.05) is 49.0 Å². The van der Waals surface area contributed by atoms with Gasteiger partial charge in [-0.05, 0) is 67.4 Å². The Hall–Kier alpha value is -5.85. The van der Waals surface area contributed by atoms with E-state index >= 15 is 0 Å². The van der Waals surface area contributed by atoms with E-state index in [1.165, 1.54) is 86.6 Å². The maximum absolute atomic E-state index is 6.38. The maximum Gasteiger partial charge on any atom is 0.161 e. The van der Waals surface area contributed by atoms with Gasteiger partial charge >= 0.3 is 0 Å². The van der Waals surface area contributed by atoms with Gasteiger partial charge in [0.1, 0.15) is 14.4 Å². The lowest BCUT2D eigenvalue weighted by molar-refractivity contribution is 1.53. The molecular weight excluding hydrogens is 668 g/mol. The molecule has 0 bridgehead atoms. The van der Waals surface area contributed by atoms with Crippen LogP contribution in [0.25, 0.3) is 65.3 Å². The third-order valence-corrected chi connectivity index (χ3v) is 18.4. The Morgan fingerprint density at radius 2 is 0.654 bits per heavy atom. The molecule has 5 heteroatoms. The van der Waals surface area contributed by atoms with Gasteiger partial charge in [-0.2, -0.15) is 0 Å². The quantitative estimate of drug-likeness (QED) is 0.153. The van der Waals surface area contributed by atoms with Gasteiger partial charge in [0.15, 0.2) is 5.84 Å². The molecule has 12 rings (SSSR count). The fourth-order valence-electron chi connectivity index (χ4n) is 9.02. The Morgan fingerprint density at radius 1 is 0.308 bits per heavy atom. The summed E-state index contributed by atoms with van der Waals surface area (Å²) in [5.74, 6) is 0.803. The first-order valence-electron chi connectivity index (χ1n) is 17.8. The number of hydrogen-bond donors (Lipinski definition) is 0. The first-order chi connectivity index (χ1) is 25.7. The molecule has 0 fully saturated rings. The van der Waals surface area contributed by atoms with Crippen molar-refractivity contribution in [2.75, 3.05) is 0 Å². The van der Waals surface area contributed by atoms with Crippen molar-refractivity contribution in [2.24, 2.45) is 14.0 Å². The Labute approximate surface area is 301 Å². The van der Waals surface area contributed by atoms with Crippen LogP contribution < -0.4 is 21.2 Å². The highest BCUT2D eigenvalue weighted by atomic mass is 31.2. The van der Waals surface area contributed by atoms with Crippen molar-refractivity contribution in [3.8, 4) is 22.3 Å². The highest BCUT2D eigenvalue weighted by Crippen LogP contribution is 2.72. The lowest BCUT2D eigenvalue weighted by Gasteiger charge is -2.30. The molecule has 0 aromatic heterocycles. The van der Waals surface area contributed by atoms with E-state index in [4.69, 9.17) is 14.0 Å². The number of fused-ring (bicyclic) bond motifs is 18. The van der Waals surface area contributed by atoms with Gasteiger partial charge in [-0.3, -0.25) is 0 Å². The molecule has 0 radical (unpaired) electrons. The molecule has 3 nitrogen and oxygen atoms in total. The Kier molecular flexibility index (Phi) is 5.74. The van der Waals surface area contributed by atoms with E-state index < -0.39 is 14.4 Å². The molecule has 0 unspecified atom stereocenters. The SMILES string of the molecule is c1ccc(C2=NP3(=NP4(=N2)c2ccc5ccccc5c2-c2c4ccc4ccccc24)c2ccc4ccccc4c2-c2c3ccc3ccccc23)cc1. The Bertz CT molecular complexity index is 2860. The minimum Gasteiger partial charge on any atom is -0.223 e. The summed E-state index contributed by atoms with van der Waals surface area (Å²) in [7, 11) is -5.66. The van der Waals surface area contributed by atoms with Crippen molar-refractivity contribution < 1.29 is 0 Å². The molecule has 2 spiro atoms. The van der Waals surface area contributed by atoms with Gasteiger partial charge < -0.3 is 0 Å². The average molecular weight is 698 g/mol. The van der Waals surface area contributed by atoms with E-state index in [0.717, 1.165) is 11.4 Å². The molecule has 242 valence electrons. The van der Waals surface area contributed by atoms with Crippen LogP contribution in [0.3, 0.4) is 0 Å². The van der Waals surface area contributed by atoms with E-state index in [2.05, 4.69) is 176 Å². The minimum atomic E-state index is -2.83. The highest BCUT2D eigenvalue weighted by molar-refractivity contribution is 7.92. The molecule has 9 aromatic carbocycles.